The maximum atomic E-state index is 11.9. The topological polar surface area (TPSA) is 43.4 Å². The van der Waals surface area contributed by atoms with Crippen LogP contribution in [0.25, 0.3) is 12.2 Å². The van der Waals surface area contributed by atoms with E-state index in [0.29, 0.717) is 0 Å². The molecule has 0 atom stereocenters. The molecule has 3 nitrogen and oxygen atoms in total. The number of rotatable bonds is 15. The molecule has 0 saturated carbocycles. The molecule has 0 saturated heterocycles. The van der Waals surface area contributed by atoms with E-state index in [1.165, 1.54) is 51.4 Å². The van der Waals surface area contributed by atoms with Crippen molar-refractivity contribution in [2.45, 2.75) is 76.0 Å². The van der Waals surface area contributed by atoms with Crippen molar-refractivity contribution >= 4 is 51.8 Å². The van der Waals surface area contributed by atoms with E-state index >= 15 is 0 Å². The second kappa shape index (κ2) is 20.2. The average Bonchev–Trinajstić information content (AvgIpc) is 2.83. The minimum Gasteiger partial charge on any atom is -0.266 e. The monoisotopic (exact) mass is 479 g/mol. The molecule has 0 aromatic heterocycles. The van der Waals surface area contributed by atoms with E-state index in [9.17, 15) is 8.42 Å². The molecule has 0 amide bonds. The van der Waals surface area contributed by atoms with Crippen LogP contribution in [-0.4, -0.2) is 44.6 Å². The van der Waals surface area contributed by atoms with Crippen molar-refractivity contribution in [1.82, 2.24) is 0 Å². The smallest absolute Gasteiger partial charge is 0.266 e. The van der Waals surface area contributed by atoms with Crippen molar-refractivity contribution in [2.75, 3.05) is 6.61 Å². The first-order valence-electron chi connectivity index (χ1n) is 11.8. The van der Waals surface area contributed by atoms with E-state index in [1.54, 1.807) is 30.3 Å². The van der Waals surface area contributed by atoms with Crippen LogP contribution in [-0.2, 0) is 14.3 Å². The number of hydrogen-bond donors (Lipinski definition) is 0. The Morgan fingerprint density at radius 1 is 0.697 bits per heavy atom. The zero-order valence-corrected chi connectivity index (χ0v) is 23.5. The third kappa shape index (κ3) is 14.6. The molecule has 0 aliphatic heterocycles. The Bertz CT molecular complexity index is 837. The Kier molecular flexibility index (Phi) is 19.5. The van der Waals surface area contributed by atoms with Crippen molar-refractivity contribution < 1.29 is 12.6 Å². The first-order chi connectivity index (χ1) is 15.5. The van der Waals surface area contributed by atoms with E-state index < -0.39 is 10.1 Å². The number of hydrogen-bond acceptors (Lipinski definition) is 3. The predicted octanol–water partition coefficient (Wildman–Crippen LogP) is 7.90. The van der Waals surface area contributed by atoms with E-state index in [0.717, 1.165) is 24.0 Å². The van der Waals surface area contributed by atoms with Gasteiger partial charge in [0.25, 0.3) is 10.1 Å². The van der Waals surface area contributed by atoms with Crippen LogP contribution >= 0.6 is 0 Å². The fourth-order valence-electron chi connectivity index (χ4n) is 3.30. The summed E-state index contributed by atoms with van der Waals surface area (Å²) in [6.45, 7) is 9.91. The zero-order valence-electron chi connectivity index (χ0n) is 20.7. The molecule has 5 heteroatoms. The molecule has 33 heavy (non-hydrogen) atoms. The molecule has 1 radical (unpaired) electrons. The fourth-order valence-corrected chi connectivity index (χ4v) is 4.26. The molecule has 0 spiro atoms. The van der Waals surface area contributed by atoms with Crippen LogP contribution < -0.4 is 0 Å². The summed E-state index contributed by atoms with van der Waals surface area (Å²) in [5.41, 5.74) is 2.27. The molecule has 0 heterocycles. The Morgan fingerprint density at radius 2 is 1.12 bits per heavy atom. The molecule has 0 aliphatic carbocycles. The van der Waals surface area contributed by atoms with Gasteiger partial charge in [0.2, 0.25) is 0 Å². The summed E-state index contributed by atoms with van der Waals surface area (Å²) in [6, 6.07) is 16.3. The third-order valence-electron chi connectivity index (χ3n) is 5.20. The standard InChI is InChI=1S/C18H30O3S.C10H10.Na/c1-2-3-4-5-6-7-8-9-10-14-17-21-22(19,20)18-15-12-11-13-16-18;1-3-9-7-5-6-8-10(9)4-2;/h11-13,15-16H,2-10,14,17H2,1H3;3-8H,1-2H2;. The van der Waals surface area contributed by atoms with Gasteiger partial charge in [0.05, 0.1) is 11.5 Å². The van der Waals surface area contributed by atoms with Crippen LogP contribution in [0.3, 0.4) is 0 Å². The Hall–Kier alpha value is -1.17. The Balaban J connectivity index is 0.000000779. The van der Waals surface area contributed by atoms with Gasteiger partial charge in [-0.2, -0.15) is 8.42 Å². The van der Waals surface area contributed by atoms with Gasteiger partial charge >= 0.3 is 0 Å². The summed E-state index contributed by atoms with van der Waals surface area (Å²) < 4.78 is 28.8. The summed E-state index contributed by atoms with van der Waals surface area (Å²) in [4.78, 5) is 0.238. The van der Waals surface area contributed by atoms with Crippen LogP contribution in [0.1, 0.15) is 82.3 Å². The van der Waals surface area contributed by atoms with Gasteiger partial charge in [0.15, 0.2) is 0 Å². The van der Waals surface area contributed by atoms with Gasteiger partial charge in [-0.1, -0.05) is 132 Å². The Morgan fingerprint density at radius 3 is 1.58 bits per heavy atom. The Labute approximate surface area is 224 Å². The van der Waals surface area contributed by atoms with Gasteiger partial charge < -0.3 is 0 Å². The minimum atomic E-state index is -3.57. The summed E-state index contributed by atoms with van der Waals surface area (Å²) >= 11 is 0. The van der Waals surface area contributed by atoms with E-state index in [-0.39, 0.29) is 41.1 Å². The van der Waals surface area contributed by atoms with E-state index in [1.807, 2.05) is 36.4 Å². The maximum Gasteiger partial charge on any atom is 0.296 e. The quantitative estimate of drug-likeness (QED) is 0.148. The molecule has 2 aromatic rings. The molecule has 2 rings (SSSR count). The van der Waals surface area contributed by atoms with Crippen molar-refractivity contribution in [1.29, 1.82) is 0 Å². The molecule has 0 unspecified atom stereocenters. The van der Waals surface area contributed by atoms with E-state index in [4.69, 9.17) is 4.18 Å². The molecular weight excluding hydrogens is 439 g/mol. The van der Waals surface area contributed by atoms with Gasteiger partial charge in [0, 0.05) is 29.6 Å². The van der Waals surface area contributed by atoms with Crippen molar-refractivity contribution in [3.63, 3.8) is 0 Å². The number of unbranched alkanes of at least 4 members (excludes halogenated alkanes) is 9. The first-order valence-corrected chi connectivity index (χ1v) is 13.2. The number of benzene rings is 2. The van der Waals surface area contributed by atoms with Crippen LogP contribution in [0, 0.1) is 0 Å². The van der Waals surface area contributed by atoms with Gasteiger partial charge in [-0.05, 0) is 29.7 Å². The molecule has 177 valence electrons. The van der Waals surface area contributed by atoms with Crippen LogP contribution in [0.5, 0.6) is 0 Å². The molecule has 0 aliphatic rings. The van der Waals surface area contributed by atoms with Crippen LogP contribution in [0.2, 0.25) is 0 Å². The summed E-state index contributed by atoms with van der Waals surface area (Å²) in [6.07, 6.45) is 15.9. The third-order valence-corrected chi connectivity index (χ3v) is 6.53. The SMILES string of the molecule is C=Cc1ccccc1C=C.CCCCCCCCCCCCOS(=O)(=O)c1ccccc1.[Na]. The van der Waals surface area contributed by atoms with Crippen LogP contribution in [0.4, 0.5) is 0 Å². The molecule has 0 bridgehead atoms. The second-order valence-corrected chi connectivity index (χ2v) is 9.42. The van der Waals surface area contributed by atoms with Crippen molar-refractivity contribution in [3.05, 3.63) is 78.9 Å². The van der Waals surface area contributed by atoms with Crippen molar-refractivity contribution in [2.24, 2.45) is 0 Å². The van der Waals surface area contributed by atoms with Gasteiger partial charge in [-0.15, -0.1) is 0 Å². The predicted molar refractivity (Wildman–Crippen MR) is 144 cm³/mol. The first kappa shape index (κ1) is 31.8. The second-order valence-electron chi connectivity index (χ2n) is 7.81. The summed E-state index contributed by atoms with van der Waals surface area (Å²) in [7, 11) is -3.57. The summed E-state index contributed by atoms with van der Waals surface area (Å²) in [5, 5.41) is 0. The minimum absolute atomic E-state index is 0. The van der Waals surface area contributed by atoms with E-state index in [2.05, 4.69) is 20.1 Å². The van der Waals surface area contributed by atoms with Gasteiger partial charge in [-0.3, -0.25) is 4.18 Å². The average molecular weight is 480 g/mol. The van der Waals surface area contributed by atoms with Gasteiger partial charge in [0.1, 0.15) is 0 Å². The molecular formula is C28H40NaO3S. The van der Waals surface area contributed by atoms with Crippen LogP contribution in [0.15, 0.2) is 72.7 Å². The van der Waals surface area contributed by atoms with Crippen molar-refractivity contribution in [3.8, 4) is 0 Å². The summed E-state index contributed by atoms with van der Waals surface area (Å²) in [5.74, 6) is 0. The molecule has 2 aromatic carbocycles. The van der Waals surface area contributed by atoms with Gasteiger partial charge in [-0.25, -0.2) is 0 Å². The fraction of sp³-hybridized carbons (Fsp3) is 0.429. The maximum absolute atomic E-state index is 11.9. The molecule has 0 N–H and O–H groups in total. The normalized spacial score (nSPS) is 10.5. The zero-order chi connectivity index (χ0) is 23.5. The molecule has 0 fully saturated rings. The largest absolute Gasteiger partial charge is 0.296 e.